The van der Waals surface area contributed by atoms with Crippen molar-refractivity contribution in [2.75, 3.05) is 11.3 Å². The first-order chi connectivity index (χ1) is 11.8. The van der Waals surface area contributed by atoms with E-state index in [2.05, 4.69) is 16.0 Å². The second-order valence-electron chi connectivity index (χ2n) is 5.77. The zero-order chi connectivity index (χ0) is 18.6. The quantitative estimate of drug-likeness (QED) is 0.809. The van der Waals surface area contributed by atoms with Gasteiger partial charge in [0, 0.05) is 0 Å². The number of aryl methyl sites for hydroxylation is 3. The number of terminal acetylenes is 1. The molecule has 0 atom stereocenters. The summed E-state index contributed by atoms with van der Waals surface area (Å²) >= 11 is 0. The zero-order valence-corrected chi connectivity index (χ0v) is 15.2. The van der Waals surface area contributed by atoms with Gasteiger partial charge in [0.2, 0.25) is 0 Å². The number of sulfonamides is 1. The molecule has 0 saturated heterocycles. The first-order valence-electron chi connectivity index (χ1n) is 7.67. The lowest BCUT2D eigenvalue weighted by molar-refractivity contribution is 0.0959. The summed E-state index contributed by atoms with van der Waals surface area (Å²) in [5, 5.41) is 2.53. The summed E-state index contributed by atoms with van der Waals surface area (Å²) < 4.78 is 28.3. The number of anilines is 1. The first kappa shape index (κ1) is 18.6. The standard InChI is InChI=1S/C19H20N2O3S/c1-5-10-20-19(22)16-8-6-7-9-17(16)21-25(23,24)18-14(3)11-13(2)12-15(18)4/h1,6-9,11-12,21H,10H2,2-4H3,(H,20,22). The van der Waals surface area contributed by atoms with Crippen LogP contribution < -0.4 is 10.0 Å². The summed E-state index contributed by atoms with van der Waals surface area (Å²) in [5.41, 5.74) is 2.71. The third kappa shape index (κ3) is 4.20. The van der Waals surface area contributed by atoms with E-state index in [1.165, 1.54) is 0 Å². The van der Waals surface area contributed by atoms with Gasteiger partial charge in [-0.2, -0.15) is 0 Å². The molecule has 2 N–H and O–H groups in total. The Morgan fingerprint density at radius 1 is 1.12 bits per heavy atom. The maximum absolute atomic E-state index is 12.9. The molecule has 0 radical (unpaired) electrons. The number of hydrogen-bond donors (Lipinski definition) is 2. The van der Waals surface area contributed by atoms with E-state index in [4.69, 9.17) is 6.42 Å². The monoisotopic (exact) mass is 356 g/mol. The van der Waals surface area contributed by atoms with Crippen LogP contribution in [-0.4, -0.2) is 20.9 Å². The van der Waals surface area contributed by atoms with Gasteiger partial charge in [-0.15, -0.1) is 6.42 Å². The Balaban J connectivity index is 2.43. The van der Waals surface area contributed by atoms with E-state index in [-0.39, 0.29) is 22.7 Å². The lowest BCUT2D eigenvalue weighted by Gasteiger charge is -2.16. The molecule has 0 spiro atoms. The van der Waals surface area contributed by atoms with Crippen LogP contribution in [0.3, 0.4) is 0 Å². The molecule has 0 bridgehead atoms. The SMILES string of the molecule is C#CCNC(=O)c1ccccc1NS(=O)(=O)c1c(C)cc(C)cc1C. The number of rotatable bonds is 5. The van der Waals surface area contributed by atoms with Crippen molar-refractivity contribution < 1.29 is 13.2 Å². The largest absolute Gasteiger partial charge is 0.341 e. The minimum atomic E-state index is -3.84. The molecule has 0 aliphatic heterocycles. The summed E-state index contributed by atoms with van der Waals surface area (Å²) in [6, 6.07) is 10.0. The Morgan fingerprint density at radius 2 is 1.72 bits per heavy atom. The fourth-order valence-electron chi connectivity index (χ4n) is 2.78. The van der Waals surface area contributed by atoms with E-state index in [1.807, 2.05) is 19.1 Å². The highest BCUT2D eigenvalue weighted by Gasteiger charge is 2.22. The minimum absolute atomic E-state index is 0.0656. The van der Waals surface area contributed by atoms with Crippen molar-refractivity contribution in [3.63, 3.8) is 0 Å². The average Bonchev–Trinajstić information content (AvgIpc) is 2.51. The molecule has 0 fully saturated rings. The molecule has 0 aliphatic rings. The van der Waals surface area contributed by atoms with Gasteiger partial charge in [-0.05, 0) is 44.0 Å². The van der Waals surface area contributed by atoms with E-state index < -0.39 is 15.9 Å². The first-order valence-corrected chi connectivity index (χ1v) is 9.16. The van der Waals surface area contributed by atoms with Crippen molar-refractivity contribution in [2.24, 2.45) is 0 Å². The summed E-state index contributed by atoms with van der Waals surface area (Å²) in [7, 11) is -3.84. The van der Waals surface area contributed by atoms with Gasteiger partial charge in [-0.1, -0.05) is 35.7 Å². The fraction of sp³-hybridized carbons (Fsp3) is 0.211. The lowest BCUT2D eigenvalue weighted by Crippen LogP contribution is -2.25. The van der Waals surface area contributed by atoms with Gasteiger partial charge in [0.05, 0.1) is 22.7 Å². The summed E-state index contributed by atoms with van der Waals surface area (Å²) in [6.45, 7) is 5.48. The lowest BCUT2D eigenvalue weighted by atomic mass is 10.1. The summed E-state index contributed by atoms with van der Waals surface area (Å²) in [5.74, 6) is 1.88. The van der Waals surface area contributed by atoms with Gasteiger partial charge in [0.15, 0.2) is 0 Å². The Bertz CT molecular complexity index is 934. The highest BCUT2D eigenvalue weighted by molar-refractivity contribution is 7.92. The molecule has 1 amide bonds. The van der Waals surface area contributed by atoms with Crippen molar-refractivity contribution >= 4 is 21.6 Å². The topological polar surface area (TPSA) is 75.3 Å². The molecule has 25 heavy (non-hydrogen) atoms. The minimum Gasteiger partial charge on any atom is -0.341 e. The van der Waals surface area contributed by atoms with Gasteiger partial charge < -0.3 is 5.32 Å². The molecule has 2 aromatic carbocycles. The van der Waals surface area contributed by atoms with Crippen molar-refractivity contribution in [3.8, 4) is 12.3 Å². The van der Waals surface area contributed by atoms with Crippen molar-refractivity contribution in [1.82, 2.24) is 5.32 Å². The Hall–Kier alpha value is -2.78. The van der Waals surface area contributed by atoms with E-state index >= 15 is 0 Å². The van der Waals surface area contributed by atoms with E-state index in [0.717, 1.165) is 5.56 Å². The van der Waals surface area contributed by atoms with Crippen LogP contribution in [-0.2, 0) is 10.0 Å². The van der Waals surface area contributed by atoms with Crippen molar-refractivity contribution in [3.05, 3.63) is 58.7 Å². The Morgan fingerprint density at radius 3 is 2.32 bits per heavy atom. The van der Waals surface area contributed by atoms with Gasteiger partial charge >= 0.3 is 0 Å². The second kappa shape index (κ2) is 7.41. The average molecular weight is 356 g/mol. The van der Waals surface area contributed by atoms with E-state index in [9.17, 15) is 13.2 Å². The van der Waals surface area contributed by atoms with Gasteiger partial charge in [-0.25, -0.2) is 8.42 Å². The maximum Gasteiger partial charge on any atom is 0.262 e. The predicted molar refractivity (Wildman–Crippen MR) is 99.1 cm³/mol. The third-order valence-corrected chi connectivity index (χ3v) is 5.31. The molecule has 0 saturated carbocycles. The number of carbonyl (C=O) groups is 1. The van der Waals surface area contributed by atoms with Crippen LogP contribution in [0.4, 0.5) is 5.69 Å². The summed E-state index contributed by atoms with van der Waals surface area (Å²) in [6.07, 6.45) is 5.14. The van der Waals surface area contributed by atoms with E-state index in [0.29, 0.717) is 11.1 Å². The molecule has 2 aromatic rings. The Kier molecular flexibility index (Phi) is 5.50. The number of nitrogens with one attached hydrogen (secondary N) is 2. The van der Waals surface area contributed by atoms with Gasteiger partial charge in [0.1, 0.15) is 0 Å². The highest BCUT2D eigenvalue weighted by atomic mass is 32.2. The maximum atomic E-state index is 12.9. The van der Waals surface area contributed by atoms with Crippen molar-refractivity contribution in [1.29, 1.82) is 0 Å². The van der Waals surface area contributed by atoms with Crippen molar-refractivity contribution in [2.45, 2.75) is 25.7 Å². The number of para-hydroxylation sites is 1. The molecular weight excluding hydrogens is 336 g/mol. The predicted octanol–water partition coefficient (Wildman–Crippen LogP) is 2.78. The number of amides is 1. The molecule has 5 nitrogen and oxygen atoms in total. The van der Waals surface area contributed by atoms with E-state index in [1.54, 1.807) is 38.1 Å². The molecule has 2 rings (SSSR count). The molecular formula is C19H20N2O3S. The number of carbonyl (C=O) groups excluding carboxylic acids is 1. The number of hydrogen-bond acceptors (Lipinski definition) is 3. The Labute approximate surface area is 148 Å². The second-order valence-corrected chi connectivity index (χ2v) is 7.38. The normalized spacial score (nSPS) is 10.8. The molecule has 0 aromatic heterocycles. The zero-order valence-electron chi connectivity index (χ0n) is 14.4. The smallest absolute Gasteiger partial charge is 0.262 e. The molecule has 0 heterocycles. The molecule has 0 unspecified atom stereocenters. The molecule has 6 heteroatoms. The summed E-state index contributed by atoms with van der Waals surface area (Å²) in [4.78, 5) is 12.4. The van der Waals surface area contributed by atoms with Crippen LogP contribution in [0, 0.1) is 33.1 Å². The van der Waals surface area contributed by atoms with Crippen LogP contribution >= 0.6 is 0 Å². The van der Waals surface area contributed by atoms with Crippen LogP contribution in [0.25, 0.3) is 0 Å². The van der Waals surface area contributed by atoms with Crippen LogP contribution in [0.1, 0.15) is 27.0 Å². The van der Waals surface area contributed by atoms with Crippen LogP contribution in [0.5, 0.6) is 0 Å². The number of benzene rings is 2. The van der Waals surface area contributed by atoms with Gasteiger partial charge in [0.25, 0.3) is 15.9 Å². The van der Waals surface area contributed by atoms with Gasteiger partial charge in [-0.3, -0.25) is 9.52 Å². The molecule has 130 valence electrons. The third-order valence-electron chi connectivity index (χ3n) is 3.64. The van der Waals surface area contributed by atoms with Crippen LogP contribution in [0.2, 0.25) is 0 Å². The fourth-order valence-corrected chi connectivity index (χ4v) is 4.32. The van der Waals surface area contributed by atoms with Crippen LogP contribution in [0.15, 0.2) is 41.3 Å². The molecule has 0 aliphatic carbocycles. The highest BCUT2D eigenvalue weighted by Crippen LogP contribution is 2.25.